The second-order valence-corrected chi connectivity index (χ2v) is 7.70. The van der Waals surface area contributed by atoms with Gasteiger partial charge in [0.05, 0.1) is 4.90 Å². The normalized spacial score (nSPS) is 11.0. The second-order valence-electron chi connectivity index (χ2n) is 6.31. The van der Waals surface area contributed by atoms with Crippen molar-refractivity contribution >= 4 is 10.1 Å². The molecule has 1 N–H and O–H groups in total. The zero-order valence-electron chi connectivity index (χ0n) is 16.0. The number of ether oxygens (including phenoxy) is 1. The second kappa shape index (κ2) is 12.2. The van der Waals surface area contributed by atoms with E-state index in [1.54, 1.807) is 24.3 Å². The minimum Gasteiger partial charge on any atom is -0.870 e. The van der Waals surface area contributed by atoms with Crippen LogP contribution in [-0.2, 0) is 16.5 Å². The van der Waals surface area contributed by atoms with Crippen LogP contribution in [0.2, 0.25) is 0 Å². The van der Waals surface area contributed by atoms with Gasteiger partial charge in [0.25, 0.3) is 10.1 Å². The molecule has 2 aromatic rings. The first-order chi connectivity index (χ1) is 12.4. The number of para-hydroxylation sites is 2. The van der Waals surface area contributed by atoms with Crippen molar-refractivity contribution in [3.8, 4) is 17.2 Å². The van der Waals surface area contributed by atoms with Crippen LogP contribution < -0.4 is 61.2 Å². The van der Waals surface area contributed by atoms with Crippen molar-refractivity contribution in [1.29, 1.82) is 0 Å². The van der Waals surface area contributed by atoms with Gasteiger partial charge < -0.3 is 9.84 Å². The fraction of sp³-hybridized carbons (Fsp3) is 0.400. The van der Waals surface area contributed by atoms with Gasteiger partial charge in [0, 0.05) is 0 Å². The van der Waals surface area contributed by atoms with Gasteiger partial charge in [-0.3, -0.25) is 4.55 Å². The van der Waals surface area contributed by atoms with Crippen molar-refractivity contribution in [3.05, 3.63) is 48.0 Å². The van der Waals surface area contributed by atoms with Crippen molar-refractivity contribution in [1.82, 2.24) is 0 Å². The Morgan fingerprint density at radius 2 is 1.67 bits per heavy atom. The van der Waals surface area contributed by atoms with Gasteiger partial charge in [-0.05, 0) is 42.7 Å². The van der Waals surface area contributed by atoms with Crippen molar-refractivity contribution in [2.24, 2.45) is 0 Å². The molecule has 5 nitrogen and oxygen atoms in total. The van der Waals surface area contributed by atoms with E-state index in [0.29, 0.717) is 17.7 Å². The summed E-state index contributed by atoms with van der Waals surface area (Å²) in [5, 5.41) is 11.8. The number of hydrogen-bond donors (Lipinski definition) is 1. The summed E-state index contributed by atoms with van der Waals surface area (Å²) in [6, 6.07) is 10.6. The summed E-state index contributed by atoms with van der Waals surface area (Å²) in [6.45, 7) is 2.16. The van der Waals surface area contributed by atoms with Crippen LogP contribution in [0.4, 0.5) is 0 Å². The average molecular weight is 417 g/mol. The van der Waals surface area contributed by atoms with E-state index in [1.165, 1.54) is 37.5 Å². The van der Waals surface area contributed by atoms with Crippen LogP contribution in [0, 0.1) is 0 Å². The van der Waals surface area contributed by atoms with Gasteiger partial charge in [-0.15, -0.1) is 0 Å². The summed E-state index contributed by atoms with van der Waals surface area (Å²) in [6.07, 6.45) is 7.01. The van der Waals surface area contributed by atoms with Gasteiger partial charge in [0.1, 0.15) is 11.5 Å². The van der Waals surface area contributed by atoms with E-state index in [-0.39, 0.29) is 67.8 Å². The molecule has 0 fully saturated rings. The van der Waals surface area contributed by atoms with Gasteiger partial charge in [-0.2, -0.15) is 8.42 Å². The summed E-state index contributed by atoms with van der Waals surface area (Å²) < 4.78 is 38.3. The van der Waals surface area contributed by atoms with Crippen LogP contribution in [0.5, 0.6) is 17.2 Å². The molecule has 27 heavy (non-hydrogen) atoms. The molecule has 142 valence electrons. The molecule has 0 aliphatic carbocycles. The smallest absolute Gasteiger partial charge is 0.870 e. The Bertz CT molecular complexity index is 821. The van der Waals surface area contributed by atoms with Crippen LogP contribution in [0.3, 0.4) is 0 Å². The predicted octanol–water partition coefficient (Wildman–Crippen LogP) is 1.71. The summed E-state index contributed by atoms with van der Waals surface area (Å²) in [5.74, 6) is 0.308. The molecule has 0 saturated carbocycles. The molecule has 0 bridgehead atoms. The third kappa shape index (κ3) is 8.23. The van der Waals surface area contributed by atoms with Crippen molar-refractivity contribution in [2.45, 2.75) is 56.8 Å². The molecule has 0 spiro atoms. The minimum absolute atomic E-state index is 0. The molecule has 2 rings (SSSR count). The van der Waals surface area contributed by atoms with Crippen LogP contribution in [0.25, 0.3) is 0 Å². The molecule has 0 radical (unpaired) electrons. The van der Waals surface area contributed by atoms with E-state index in [0.717, 1.165) is 19.3 Å². The van der Waals surface area contributed by atoms with Gasteiger partial charge in [0.15, 0.2) is 0 Å². The fourth-order valence-electron chi connectivity index (χ4n) is 2.82. The van der Waals surface area contributed by atoms with Crippen LogP contribution in [-0.4, -0.2) is 13.0 Å². The molecule has 2 aromatic carbocycles. The number of hydrogen-bond acceptors (Lipinski definition) is 4. The van der Waals surface area contributed by atoms with Crippen LogP contribution >= 0.6 is 0 Å². The quantitative estimate of drug-likeness (QED) is 0.362. The maximum Gasteiger partial charge on any atom is 1.00 e. The molecule has 0 aliphatic heterocycles. The predicted molar refractivity (Wildman–Crippen MR) is 99.3 cm³/mol. The van der Waals surface area contributed by atoms with Crippen LogP contribution in [0.1, 0.15) is 51.0 Å². The molecule has 0 aliphatic rings. The molecule has 0 atom stereocenters. The molecular formula is C20H25KO5S. The number of aryl methyl sites for hydroxylation is 1. The van der Waals surface area contributed by atoms with Gasteiger partial charge in [0.2, 0.25) is 0 Å². The average Bonchev–Trinajstić information content (AvgIpc) is 2.59. The van der Waals surface area contributed by atoms with E-state index in [2.05, 4.69) is 6.92 Å². The molecule has 0 amide bonds. The Kier molecular flexibility index (Phi) is 11.1. The Balaban J connectivity index is 0.00000364. The van der Waals surface area contributed by atoms with E-state index in [4.69, 9.17) is 4.74 Å². The van der Waals surface area contributed by atoms with E-state index >= 15 is 0 Å². The molecule has 0 aromatic heterocycles. The molecule has 7 heteroatoms. The maximum atomic E-state index is 11.8. The number of benzene rings is 2. The van der Waals surface area contributed by atoms with E-state index in [1.807, 2.05) is 0 Å². The third-order valence-electron chi connectivity index (χ3n) is 4.19. The standard InChI is InChI=1S/C20H26O5S.K/c1-2-3-4-5-6-7-10-16-15-17(13-14-20(16)26(22,23)24)25-19-12-9-8-11-18(19)21;/h8-9,11-15,21H,2-7,10H2,1H3,(H,22,23,24);/q;+1/p-1. The first-order valence-electron chi connectivity index (χ1n) is 8.96. The van der Waals surface area contributed by atoms with Gasteiger partial charge in [-0.25, -0.2) is 0 Å². The van der Waals surface area contributed by atoms with E-state index < -0.39 is 10.1 Å². The SMILES string of the molecule is CCCCCCCCc1cc(Oc2ccccc2[O-])ccc1S(=O)(=O)O.[K+]. The molecular weight excluding hydrogens is 391 g/mol. The third-order valence-corrected chi connectivity index (χ3v) is 5.14. The topological polar surface area (TPSA) is 86.7 Å². The molecule has 0 saturated heterocycles. The summed E-state index contributed by atoms with van der Waals surface area (Å²) in [4.78, 5) is -0.103. The van der Waals surface area contributed by atoms with Crippen LogP contribution in [0.15, 0.2) is 47.4 Å². The minimum atomic E-state index is -4.30. The van der Waals surface area contributed by atoms with Crippen molar-refractivity contribution in [2.75, 3.05) is 0 Å². The number of unbranched alkanes of at least 4 members (excludes halogenated alkanes) is 5. The number of rotatable bonds is 10. The van der Waals surface area contributed by atoms with Gasteiger partial charge in [-0.1, -0.05) is 63.0 Å². The van der Waals surface area contributed by atoms with Gasteiger partial charge >= 0.3 is 51.4 Å². The Hall–Kier alpha value is -0.414. The van der Waals surface area contributed by atoms with Crippen molar-refractivity contribution < 1.29 is 74.2 Å². The zero-order chi connectivity index (χ0) is 19.0. The Labute approximate surface area is 204 Å². The largest absolute Gasteiger partial charge is 1.00 e. The van der Waals surface area contributed by atoms with Crippen molar-refractivity contribution in [3.63, 3.8) is 0 Å². The summed E-state index contributed by atoms with van der Waals surface area (Å²) in [5.41, 5.74) is 0.504. The first-order valence-corrected chi connectivity index (χ1v) is 10.4. The van der Waals surface area contributed by atoms with E-state index in [9.17, 15) is 18.1 Å². The zero-order valence-corrected chi connectivity index (χ0v) is 19.9. The summed E-state index contributed by atoms with van der Waals surface area (Å²) >= 11 is 0. The Morgan fingerprint density at radius 1 is 1.00 bits per heavy atom. The molecule has 0 heterocycles. The monoisotopic (exact) mass is 416 g/mol. The maximum absolute atomic E-state index is 11.8. The summed E-state index contributed by atoms with van der Waals surface area (Å²) in [7, 11) is -4.30. The Morgan fingerprint density at radius 3 is 2.33 bits per heavy atom. The molecule has 0 unspecified atom stereocenters. The first kappa shape index (κ1) is 24.6. The fourth-order valence-corrected chi connectivity index (χ4v) is 3.56.